The van der Waals surface area contributed by atoms with Gasteiger partial charge in [0.2, 0.25) is 5.91 Å². The number of carbonyl (C=O) groups is 3. The van der Waals surface area contributed by atoms with E-state index < -0.39 is 23.9 Å². The Morgan fingerprint density at radius 2 is 1.76 bits per heavy atom. The van der Waals surface area contributed by atoms with Crippen LogP contribution >= 0.6 is 0 Å². The molecule has 1 fully saturated rings. The highest BCUT2D eigenvalue weighted by Gasteiger charge is 2.46. The maximum atomic E-state index is 13.7. The molecule has 0 spiro atoms. The second-order valence-electron chi connectivity index (χ2n) is 7.98. The van der Waals surface area contributed by atoms with Crippen LogP contribution in [0.5, 0.6) is 5.75 Å². The molecule has 34 heavy (non-hydrogen) atoms. The first kappa shape index (κ1) is 22.7. The van der Waals surface area contributed by atoms with Crippen molar-refractivity contribution in [2.24, 2.45) is 0 Å². The fraction of sp³-hybridized carbons (Fsp3) is 0.185. The summed E-state index contributed by atoms with van der Waals surface area (Å²) in [5, 5.41) is 9.04. The molecule has 1 aliphatic heterocycles. The van der Waals surface area contributed by atoms with E-state index in [1.54, 1.807) is 48.5 Å². The molecule has 0 bridgehead atoms. The average molecular weight is 453 g/mol. The Labute approximate surface area is 197 Å². The summed E-state index contributed by atoms with van der Waals surface area (Å²) in [7, 11) is 1.52. The molecule has 0 aliphatic carbocycles. The van der Waals surface area contributed by atoms with Gasteiger partial charge in [0.25, 0.3) is 11.8 Å². The van der Waals surface area contributed by atoms with Gasteiger partial charge < -0.3 is 9.64 Å². The first-order chi connectivity index (χ1) is 16.4. The van der Waals surface area contributed by atoms with Crippen LogP contribution in [0.15, 0.2) is 78.9 Å². The van der Waals surface area contributed by atoms with Gasteiger partial charge in [-0.3, -0.25) is 14.4 Å². The highest BCUT2D eigenvalue weighted by atomic mass is 16.5. The number of amides is 3. The number of methoxy groups -OCH3 is 1. The zero-order chi connectivity index (χ0) is 24.2. The van der Waals surface area contributed by atoms with Crippen LogP contribution in [0.3, 0.4) is 0 Å². The second-order valence-corrected chi connectivity index (χ2v) is 7.98. The van der Waals surface area contributed by atoms with Crippen molar-refractivity contribution in [3.63, 3.8) is 0 Å². The van der Waals surface area contributed by atoms with Crippen molar-refractivity contribution >= 4 is 23.4 Å². The normalized spacial score (nSPS) is 16.1. The van der Waals surface area contributed by atoms with Crippen molar-refractivity contribution < 1.29 is 19.1 Å². The van der Waals surface area contributed by atoms with E-state index in [0.29, 0.717) is 22.6 Å². The number of imide groups is 1. The highest BCUT2D eigenvalue weighted by molar-refractivity contribution is 6.23. The van der Waals surface area contributed by atoms with Crippen molar-refractivity contribution in [1.29, 1.82) is 5.26 Å². The first-order valence-corrected chi connectivity index (χ1v) is 10.8. The molecule has 170 valence electrons. The molecule has 0 radical (unpaired) electrons. The second kappa shape index (κ2) is 9.59. The lowest BCUT2D eigenvalue weighted by molar-refractivity contribution is -0.122. The molecule has 3 aromatic rings. The van der Waals surface area contributed by atoms with Gasteiger partial charge in [0, 0.05) is 5.56 Å². The Bertz CT molecular complexity index is 1270. The third kappa shape index (κ3) is 4.26. The Morgan fingerprint density at radius 3 is 2.41 bits per heavy atom. The minimum atomic E-state index is -0.975. The van der Waals surface area contributed by atoms with Crippen molar-refractivity contribution in [2.75, 3.05) is 12.0 Å². The summed E-state index contributed by atoms with van der Waals surface area (Å²) in [4.78, 5) is 42.8. The van der Waals surface area contributed by atoms with Crippen LogP contribution in [0, 0.1) is 11.3 Å². The molecular formula is C27H23N3O4. The molecular weight excluding hydrogens is 430 g/mol. The molecule has 2 atom stereocenters. The van der Waals surface area contributed by atoms with Crippen LogP contribution in [0.4, 0.5) is 5.69 Å². The zero-order valence-electron chi connectivity index (χ0n) is 18.8. The summed E-state index contributed by atoms with van der Waals surface area (Å²) in [6.45, 7) is 1.84. The van der Waals surface area contributed by atoms with Crippen LogP contribution in [-0.4, -0.2) is 35.8 Å². The lowest BCUT2D eigenvalue weighted by Gasteiger charge is -2.33. The quantitative estimate of drug-likeness (QED) is 0.524. The van der Waals surface area contributed by atoms with Gasteiger partial charge in [0.15, 0.2) is 0 Å². The SMILES string of the molecule is COc1cccc(C(=O)N(C2CC(=O)N(c3ccc(C#N)cc3)C2=O)C(C)c2ccccc2)c1. The first-order valence-electron chi connectivity index (χ1n) is 10.8. The number of anilines is 1. The smallest absolute Gasteiger partial charge is 0.257 e. The average Bonchev–Trinajstić information content (AvgIpc) is 3.17. The molecule has 2 unspecified atom stereocenters. The number of rotatable bonds is 6. The number of carbonyl (C=O) groups excluding carboxylic acids is 3. The minimum Gasteiger partial charge on any atom is -0.497 e. The number of benzene rings is 3. The molecule has 0 aromatic heterocycles. The monoisotopic (exact) mass is 453 g/mol. The predicted molar refractivity (Wildman–Crippen MR) is 126 cm³/mol. The van der Waals surface area contributed by atoms with E-state index in [9.17, 15) is 14.4 Å². The molecule has 1 heterocycles. The van der Waals surface area contributed by atoms with E-state index in [0.717, 1.165) is 10.5 Å². The zero-order valence-corrected chi connectivity index (χ0v) is 18.8. The van der Waals surface area contributed by atoms with Crippen LogP contribution in [0.1, 0.15) is 40.9 Å². The van der Waals surface area contributed by atoms with E-state index in [4.69, 9.17) is 10.00 Å². The third-order valence-electron chi connectivity index (χ3n) is 5.96. The summed E-state index contributed by atoms with van der Waals surface area (Å²) in [5.41, 5.74) is 2.00. The maximum absolute atomic E-state index is 13.7. The summed E-state index contributed by atoms with van der Waals surface area (Å²) in [6, 6.07) is 22.9. The van der Waals surface area contributed by atoms with Crippen LogP contribution in [0.25, 0.3) is 0 Å². The summed E-state index contributed by atoms with van der Waals surface area (Å²) in [5.74, 6) is -0.730. The van der Waals surface area contributed by atoms with Crippen LogP contribution < -0.4 is 9.64 Å². The molecule has 0 saturated carbocycles. The summed E-state index contributed by atoms with van der Waals surface area (Å²) < 4.78 is 5.26. The lowest BCUT2D eigenvalue weighted by atomic mass is 10.0. The Hall–Kier alpha value is -4.44. The van der Waals surface area contributed by atoms with Gasteiger partial charge in [-0.1, -0.05) is 36.4 Å². The van der Waals surface area contributed by atoms with Crippen molar-refractivity contribution in [1.82, 2.24) is 4.90 Å². The molecule has 7 nitrogen and oxygen atoms in total. The van der Waals surface area contributed by atoms with E-state index in [1.807, 2.05) is 43.3 Å². The highest BCUT2D eigenvalue weighted by Crippen LogP contribution is 2.33. The maximum Gasteiger partial charge on any atom is 0.257 e. The van der Waals surface area contributed by atoms with E-state index >= 15 is 0 Å². The van der Waals surface area contributed by atoms with E-state index in [2.05, 4.69) is 0 Å². The van der Waals surface area contributed by atoms with Gasteiger partial charge in [-0.15, -0.1) is 0 Å². The number of nitrogens with zero attached hydrogens (tertiary/aromatic N) is 3. The van der Waals surface area contributed by atoms with Crippen molar-refractivity contribution in [3.8, 4) is 11.8 Å². The summed E-state index contributed by atoms with van der Waals surface area (Å²) >= 11 is 0. The fourth-order valence-electron chi connectivity index (χ4n) is 4.17. The van der Waals surface area contributed by atoms with Crippen LogP contribution in [0.2, 0.25) is 0 Å². The lowest BCUT2D eigenvalue weighted by Crippen LogP contribution is -2.46. The van der Waals surface area contributed by atoms with Crippen molar-refractivity contribution in [3.05, 3.63) is 95.6 Å². The summed E-state index contributed by atoms with van der Waals surface area (Å²) in [6.07, 6.45) is -0.133. The number of ether oxygens (including phenoxy) is 1. The molecule has 3 amide bonds. The molecule has 1 aliphatic rings. The standard InChI is InChI=1S/C27H23N3O4/c1-18(20-7-4-3-5-8-20)29(26(32)21-9-6-10-23(15-21)34-2)24-16-25(31)30(27(24)33)22-13-11-19(17-28)12-14-22/h3-15,18,24H,16H2,1-2H3. The Kier molecular flexibility index (Phi) is 6.42. The fourth-order valence-corrected chi connectivity index (χ4v) is 4.17. The van der Waals surface area contributed by atoms with E-state index in [1.165, 1.54) is 12.0 Å². The minimum absolute atomic E-state index is 0.133. The predicted octanol–water partition coefficient (Wildman–Crippen LogP) is 4.10. The van der Waals surface area contributed by atoms with Crippen molar-refractivity contribution in [2.45, 2.75) is 25.4 Å². The largest absolute Gasteiger partial charge is 0.497 e. The van der Waals surface area contributed by atoms with E-state index in [-0.39, 0.29) is 12.3 Å². The third-order valence-corrected chi connectivity index (χ3v) is 5.96. The molecule has 0 N–H and O–H groups in total. The number of hydrogen-bond donors (Lipinski definition) is 0. The molecule has 4 rings (SSSR count). The van der Waals surface area contributed by atoms with Gasteiger partial charge >= 0.3 is 0 Å². The molecule has 7 heteroatoms. The molecule has 1 saturated heterocycles. The molecule has 3 aromatic carbocycles. The Balaban J connectivity index is 1.73. The van der Waals surface area contributed by atoms with Gasteiger partial charge in [0.1, 0.15) is 11.8 Å². The van der Waals surface area contributed by atoms with Gasteiger partial charge in [-0.05, 0) is 55.0 Å². The van der Waals surface area contributed by atoms with Gasteiger partial charge in [-0.2, -0.15) is 5.26 Å². The van der Waals surface area contributed by atoms with Crippen LogP contribution in [-0.2, 0) is 9.59 Å². The number of hydrogen-bond acceptors (Lipinski definition) is 5. The topological polar surface area (TPSA) is 90.7 Å². The Morgan fingerprint density at radius 1 is 1.06 bits per heavy atom. The number of nitriles is 1. The van der Waals surface area contributed by atoms with Gasteiger partial charge in [-0.25, -0.2) is 4.90 Å². The van der Waals surface area contributed by atoms with Gasteiger partial charge in [0.05, 0.1) is 36.9 Å².